The van der Waals surface area contributed by atoms with Gasteiger partial charge in [0.2, 0.25) is 11.8 Å². The van der Waals surface area contributed by atoms with Gasteiger partial charge in [0.15, 0.2) is 5.78 Å². The molecular weight excluding hydrogens is 409 g/mol. The van der Waals surface area contributed by atoms with Gasteiger partial charge in [-0.15, -0.1) is 0 Å². The molecule has 166 valence electrons. The van der Waals surface area contributed by atoms with Gasteiger partial charge < -0.3 is 15.4 Å². The number of pyridine rings is 1. The van der Waals surface area contributed by atoms with Crippen molar-refractivity contribution in [2.24, 2.45) is 0 Å². The zero-order valence-corrected chi connectivity index (χ0v) is 18.6. The molecule has 1 atom stereocenters. The van der Waals surface area contributed by atoms with Gasteiger partial charge in [0.05, 0.1) is 12.8 Å². The Morgan fingerprint density at radius 1 is 1.19 bits per heavy atom. The summed E-state index contributed by atoms with van der Waals surface area (Å²) in [4.78, 5) is 24.9. The number of alkyl halides is 1. The van der Waals surface area contributed by atoms with Crippen molar-refractivity contribution in [2.75, 3.05) is 17.7 Å². The van der Waals surface area contributed by atoms with Crippen LogP contribution in [-0.4, -0.2) is 27.8 Å². The monoisotopic (exact) mass is 435 g/mol. The van der Waals surface area contributed by atoms with E-state index in [0.29, 0.717) is 22.9 Å². The molecule has 0 amide bonds. The average Bonchev–Trinajstić information content (AvgIpc) is 2.77. The summed E-state index contributed by atoms with van der Waals surface area (Å²) in [5.74, 6) is 1.12. The minimum atomic E-state index is -1.24. The number of aryl methyl sites for hydroxylation is 2. The molecule has 0 saturated heterocycles. The van der Waals surface area contributed by atoms with Crippen LogP contribution < -0.4 is 15.4 Å². The molecule has 1 aromatic carbocycles. The number of aromatic nitrogens is 3. The van der Waals surface area contributed by atoms with Gasteiger partial charge in [-0.05, 0) is 38.5 Å². The Balaban J connectivity index is 1.93. The number of methoxy groups -OCH3 is 1. The molecule has 0 saturated carbocycles. The summed E-state index contributed by atoms with van der Waals surface area (Å²) in [5, 5.41) is 6.35. The van der Waals surface area contributed by atoms with Gasteiger partial charge in [0.1, 0.15) is 12.0 Å². The molecule has 7 nitrogen and oxygen atoms in total. The maximum absolute atomic E-state index is 14.1. The predicted octanol–water partition coefficient (Wildman–Crippen LogP) is 5.31. The molecule has 0 aliphatic heterocycles. The van der Waals surface area contributed by atoms with Crippen LogP contribution in [0.4, 0.5) is 27.5 Å². The number of hydrogen-bond acceptors (Lipinski definition) is 7. The van der Waals surface area contributed by atoms with Crippen molar-refractivity contribution >= 4 is 28.9 Å². The number of benzene rings is 1. The predicted molar refractivity (Wildman–Crippen MR) is 124 cm³/mol. The number of nitrogens with zero attached hydrogens (tertiary/aromatic N) is 3. The molecule has 1 unspecified atom stereocenters. The summed E-state index contributed by atoms with van der Waals surface area (Å²) in [6.45, 7) is 8.83. The van der Waals surface area contributed by atoms with Gasteiger partial charge in [-0.3, -0.25) is 4.79 Å². The van der Waals surface area contributed by atoms with E-state index in [4.69, 9.17) is 4.74 Å². The van der Waals surface area contributed by atoms with Gasteiger partial charge in [-0.1, -0.05) is 24.3 Å². The molecule has 3 rings (SSSR count). The number of carbonyl (C=O) groups excluding carboxylic acids is 1. The van der Waals surface area contributed by atoms with Crippen molar-refractivity contribution in [2.45, 2.75) is 33.4 Å². The molecular formula is C24H26FN5O2. The summed E-state index contributed by atoms with van der Waals surface area (Å²) in [6.07, 6.45) is 3.40. The van der Waals surface area contributed by atoms with E-state index in [9.17, 15) is 9.18 Å². The van der Waals surface area contributed by atoms with Crippen molar-refractivity contribution in [1.29, 1.82) is 0 Å². The van der Waals surface area contributed by atoms with Crippen molar-refractivity contribution in [3.8, 4) is 5.88 Å². The van der Waals surface area contributed by atoms with E-state index in [1.807, 2.05) is 32.0 Å². The Morgan fingerprint density at radius 3 is 2.66 bits per heavy atom. The molecule has 3 aromatic rings. The molecule has 0 aliphatic carbocycles. The number of allylic oxidation sites excluding steroid dienone is 1. The number of ether oxygens (including phenoxy) is 1. The number of carbonyl (C=O) groups is 1. The molecule has 0 bridgehead atoms. The average molecular weight is 436 g/mol. The van der Waals surface area contributed by atoms with Crippen LogP contribution in [0.1, 0.15) is 35.3 Å². The summed E-state index contributed by atoms with van der Waals surface area (Å²) >= 11 is 0. The first-order valence-electron chi connectivity index (χ1n) is 10.1. The van der Waals surface area contributed by atoms with Crippen LogP contribution in [0, 0.1) is 13.8 Å². The Bertz CT molecular complexity index is 1150. The third-order valence-electron chi connectivity index (χ3n) is 4.87. The lowest BCUT2D eigenvalue weighted by Crippen LogP contribution is -2.07. The van der Waals surface area contributed by atoms with E-state index in [0.717, 1.165) is 22.4 Å². The van der Waals surface area contributed by atoms with Gasteiger partial charge in [-0.25, -0.2) is 14.4 Å². The zero-order valence-electron chi connectivity index (χ0n) is 18.6. The molecule has 0 radical (unpaired) electrons. The van der Waals surface area contributed by atoms with E-state index in [-0.39, 0.29) is 18.2 Å². The van der Waals surface area contributed by atoms with Crippen LogP contribution in [0.5, 0.6) is 5.88 Å². The standard InChI is InChI=1S/C24H26FN5O2/c1-6-18(31)10-17-9-14(2)7-8-20(17)28-23-15(3)12-27-24(30-23)29-21-11-22(32-5)26-13-19(21)16(4)25/h6-9,11-13,16H,1,10H2,2-5H3,(H2,26,27,28,29,30). The Labute approximate surface area is 186 Å². The highest BCUT2D eigenvalue weighted by Crippen LogP contribution is 2.30. The second-order valence-electron chi connectivity index (χ2n) is 7.41. The maximum Gasteiger partial charge on any atom is 0.229 e. The summed E-state index contributed by atoms with van der Waals surface area (Å²) in [6, 6.07) is 7.42. The van der Waals surface area contributed by atoms with Gasteiger partial charge in [0.25, 0.3) is 0 Å². The Kier molecular flexibility index (Phi) is 7.14. The molecule has 2 heterocycles. The fourth-order valence-electron chi connectivity index (χ4n) is 3.11. The van der Waals surface area contributed by atoms with Crippen molar-refractivity contribution in [1.82, 2.24) is 15.0 Å². The molecule has 8 heteroatoms. The summed E-state index contributed by atoms with van der Waals surface area (Å²) in [7, 11) is 1.49. The van der Waals surface area contributed by atoms with Crippen LogP contribution in [0.3, 0.4) is 0 Å². The molecule has 0 spiro atoms. The van der Waals surface area contributed by atoms with Gasteiger partial charge in [0, 0.05) is 41.7 Å². The molecule has 0 fully saturated rings. The first-order valence-corrected chi connectivity index (χ1v) is 10.1. The SMILES string of the molecule is C=CC(=O)Cc1cc(C)ccc1Nc1nc(Nc2cc(OC)ncc2C(C)F)ncc1C. The molecule has 2 N–H and O–H groups in total. The van der Waals surface area contributed by atoms with Crippen molar-refractivity contribution < 1.29 is 13.9 Å². The second-order valence-corrected chi connectivity index (χ2v) is 7.41. The zero-order chi connectivity index (χ0) is 23.3. The third kappa shape index (κ3) is 5.46. The lowest BCUT2D eigenvalue weighted by atomic mass is 10.0. The normalized spacial score (nSPS) is 11.5. The number of nitrogens with one attached hydrogen (secondary N) is 2. The third-order valence-corrected chi connectivity index (χ3v) is 4.87. The number of anilines is 4. The minimum absolute atomic E-state index is 0.0695. The van der Waals surface area contributed by atoms with E-state index in [2.05, 4.69) is 32.2 Å². The quantitative estimate of drug-likeness (QED) is 0.440. The lowest BCUT2D eigenvalue weighted by Gasteiger charge is -2.16. The first-order chi connectivity index (χ1) is 15.3. The highest BCUT2D eigenvalue weighted by atomic mass is 19.1. The van der Waals surface area contributed by atoms with E-state index in [1.165, 1.54) is 26.3 Å². The maximum atomic E-state index is 14.1. The molecule has 0 aliphatic rings. The van der Waals surface area contributed by atoms with Gasteiger partial charge in [-0.2, -0.15) is 4.98 Å². The van der Waals surface area contributed by atoms with Crippen LogP contribution in [0.25, 0.3) is 0 Å². The first kappa shape index (κ1) is 22.9. The van der Waals surface area contributed by atoms with E-state index >= 15 is 0 Å². The largest absolute Gasteiger partial charge is 0.481 e. The van der Waals surface area contributed by atoms with E-state index < -0.39 is 6.17 Å². The Morgan fingerprint density at radius 2 is 1.97 bits per heavy atom. The van der Waals surface area contributed by atoms with Crippen LogP contribution in [0.2, 0.25) is 0 Å². The molecule has 32 heavy (non-hydrogen) atoms. The Hall–Kier alpha value is -3.81. The topological polar surface area (TPSA) is 89.0 Å². The fourth-order valence-corrected chi connectivity index (χ4v) is 3.11. The van der Waals surface area contributed by atoms with Crippen LogP contribution in [0.15, 0.2) is 49.3 Å². The molecule has 2 aromatic heterocycles. The second kappa shape index (κ2) is 10.00. The number of halogens is 1. The van der Waals surface area contributed by atoms with E-state index in [1.54, 1.807) is 12.3 Å². The van der Waals surface area contributed by atoms with Crippen LogP contribution >= 0.6 is 0 Å². The van der Waals surface area contributed by atoms with Crippen molar-refractivity contribution in [3.05, 3.63) is 71.6 Å². The number of rotatable bonds is 9. The number of hydrogen-bond donors (Lipinski definition) is 2. The highest BCUT2D eigenvalue weighted by Gasteiger charge is 2.15. The fraction of sp³-hybridized carbons (Fsp3) is 0.250. The minimum Gasteiger partial charge on any atom is -0.481 e. The van der Waals surface area contributed by atoms with Crippen LogP contribution in [-0.2, 0) is 11.2 Å². The smallest absolute Gasteiger partial charge is 0.229 e. The summed E-state index contributed by atoms with van der Waals surface area (Å²) in [5.41, 5.74) is 4.30. The summed E-state index contributed by atoms with van der Waals surface area (Å²) < 4.78 is 19.2. The van der Waals surface area contributed by atoms with Gasteiger partial charge >= 0.3 is 0 Å². The van der Waals surface area contributed by atoms with Crippen molar-refractivity contribution in [3.63, 3.8) is 0 Å². The lowest BCUT2D eigenvalue weighted by molar-refractivity contribution is -0.114. The highest BCUT2D eigenvalue weighted by molar-refractivity contribution is 5.92. The number of ketones is 1.